The fraction of sp³-hybridized carbons (Fsp3) is 0.308. The molecule has 0 radical (unpaired) electrons. The number of Topliss-reactive ketones (excluding diaryl/α,β-unsaturated/α-hetero) is 1. The first-order valence-electron chi connectivity index (χ1n) is 5.31. The quantitative estimate of drug-likeness (QED) is 0.341. The van der Waals surface area contributed by atoms with Gasteiger partial charge in [-0.3, -0.25) is 9.59 Å². The van der Waals surface area contributed by atoms with Gasteiger partial charge in [-0.15, -0.1) is 0 Å². The van der Waals surface area contributed by atoms with Gasteiger partial charge in [0.05, 0.1) is 7.11 Å². The van der Waals surface area contributed by atoms with E-state index in [0.717, 1.165) is 5.56 Å². The summed E-state index contributed by atoms with van der Waals surface area (Å²) in [5.74, 6) is -0.594. The van der Waals surface area contributed by atoms with E-state index in [1.54, 1.807) is 19.1 Å². The maximum Gasteiger partial charge on any atom is 0.354 e. The van der Waals surface area contributed by atoms with Crippen LogP contribution in [0.3, 0.4) is 0 Å². The minimum Gasteiger partial charge on any atom is -0.471 e. The van der Waals surface area contributed by atoms with Crippen molar-refractivity contribution in [2.75, 3.05) is 7.11 Å². The van der Waals surface area contributed by atoms with Gasteiger partial charge in [0, 0.05) is 5.56 Å². The van der Waals surface area contributed by atoms with Gasteiger partial charge in [0.15, 0.2) is 12.1 Å². The lowest BCUT2D eigenvalue weighted by atomic mass is 10.1. The fourth-order valence-corrected chi connectivity index (χ4v) is 1.33. The van der Waals surface area contributed by atoms with Gasteiger partial charge in [0.1, 0.15) is 5.75 Å². The molecule has 1 rings (SSSR count). The Kier molecular flexibility index (Phi) is 4.59. The highest BCUT2D eigenvalue weighted by Crippen LogP contribution is 2.21. The van der Waals surface area contributed by atoms with Crippen LogP contribution in [-0.2, 0) is 14.3 Å². The number of esters is 1. The molecule has 18 heavy (non-hydrogen) atoms. The summed E-state index contributed by atoms with van der Waals surface area (Å²) in [5, 5.41) is 0. The lowest BCUT2D eigenvalue weighted by Gasteiger charge is -2.14. The molecule has 5 nitrogen and oxygen atoms in total. The van der Waals surface area contributed by atoms with Gasteiger partial charge in [-0.25, -0.2) is 4.79 Å². The molecular formula is C13H14O5. The van der Waals surface area contributed by atoms with E-state index in [2.05, 4.69) is 4.74 Å². The zero-order valence-electron chi connectivity index (χ0n) is 10.4. The third-order valence-corrected chi connectivity index (χ3v) is 2.41. The Morgan fingerprint density at radius 3 is 2.50 bits per heavy atom. The molecule has 0 amide bonds. The average Bonchev–Trinajstić information content (AvgIpc) is 2.36. The first kappa shape index (κ1) is 13.9. The Labute approximate surface area is 105 Å². The van der Waals surface area contributed by atoms with Gasteiger partial charge in [-0.05, 0) is 25.5 Å². The van der Waals surface area contributed by atoms with E-state index in [-0.39, 0.29) is 5.78 Å². The molecule has 1 unspecified atom stereocenters. The Balaban J connectivity index is 3.01. The summed E-state index contributed by atoms with van der Waals surface area (Å²) in [6.07, 6.45) is -0.970. The van der Waals surface area contributed by atoms with E-state index in [0.29, 0.717) is 17.6 Å². The first-order chi connectivity index (χ1) is 8.49. The molecule has 0 saturated carbocycles. The van der Waals surface area contributed by atoms with Crippen LogP contribution in [0.25, 0.3) is 0 Å². The summed E-state index contributed by atoms with van der Waals surface area (Å²) >= 11 is 0. The van der Waals surface area contributed by atoms with E-state index in [9.17, 15) is 14.4 Å². The van der Waals surface area contributed by atoms with E-state index < -0.39 is 12.1 Å². The van der Waals surface area contributed by atoms with Crippen LogP contribution in [0.15, 0.2) is 18.2 Å². The van der Waals surface area contributed by atoms with Crippen LogP contribution in [0.4, 0.5) is 0 Å². The van der Waals surface area contributed by atoms with Crippen molar-refractivity contribution in [3.8, 4) is 5.75 Å². The summed E-state index contributed by atoms with van der Waals surface area (Å²) in [5.41, 5.74) is 1.17. The Bertz CT molecular complexity index is 478. The molecule has 1 atom stereocenters. The molecule has 5 heteroatoms. The summed E-state index contributed by atoms with van der Waals surface area (Å²) in [6, 6.07) is 4.83. The summed E-state index contributed by atoms with van der Waals surface area (Å²) in [7, 11) is 1.17. The predicted molar refractivity (Wildman–Crippen MR) is 63.7 cm³/mol. The molecule has 1 aromatic carbocycles. The van der Waals surface area contributed by atoms with Crippen LogP contribution in [0.5, 0.6) is 5.75 Å². The number of ketones is 1. The molecule has 96 valence electrons. The molecule has 0 aliphatic carbocycles. The Morgan fingerprint density at radius 1 is 1.33 bits per heavy atom. The molecule has 0 aliphatic heterocycles. The second kappa shape index (κ2) is 5.95. The standard InChI is InChI=1S/C13H14O5/c1-8-4-5-10(9(2)15)6-11(8)18-12(7-14)13(16)17-3/h4-7,12H,1-3H3. The molecule has 0 aliphatic rings. The van der Waals surface area contributed by atoms with Crippen molar-refractivity contribution in [2.24, 2.45) is 0 Å². The fourth-order valence-electron chi connectivity index (χ4n) is 1.33. The molecule has 0 bridgehead atoms. The highest BCUT2D eigenvalue weighted by Gasteiger charge is 2.21. The SMILES string of the molecule is COC(=O)C(C=O)Oc1cc(C(C)=O)ccc1C. The summed E-state index contributed by atoms with van der Waals surface area (Å²) < 4.78 is 9.67. The van der Waals surface area contributed by atoms with Crippen LogP contribution in [0.1, 0.15) is 22.8 Å². The van der Waals surface area contributed by atoms with Gasteiger partial charge >= 0.3 is 5.97 Å². The van der Waals surface area contributed by atoms with Crippen LogP contribution < -0.4 is 4.74 Å². The zero-order chi connectivity index (χ0) is 13.7. The zero-order valence-corrected chi connectivity index (χ0v) is 10.4. The van der Waals surface area contributed by atoms with Gasteiger partial charge in [0.2, 0.25) is 6.10 Å². The molecule has 0 saturated heterocycles. The number of rotatable bonds is 5. The van der Waals surface area contributed by atoms with Crippen LogP contribution in [0, 0.1) is 6.92 Å². The van der Waals surface area contributed by atoms with Gasteiger partial charge in [0.25, 0.3) is 0 Å². The van der Waals surface area contributed by atoms with Gasteiger partial charge in [-0.1, -0.05) is 12.1 Å². The van der Waals surface area contributed by atoms with Gasteiger partial charge < -0.3 is 9.47 Å². The number of aldehydes is 1. The number of methoxy groups -OCH3 is 1. The van der Waals surface area contributed by atoms with Crippen LogP contribution in [-0.4, -0.2) is 31.3 Å². The number of hydrogen-bond donors (Lipinski definition) is 0. The Hall–Kier alpha value is -2.17. The number of benzene rings is 1. The Morgan fingerprint density at radius 2 is 2.00 bits per heavy atom. The third-order valence-electron chi connectivity index (χ3n) is 2.41. The number of carbonyl (C=O) groups excluding carboxylic acids is 3. The van der Waals surface area contributed by atoms with Crippen molar-refractivity contribution >= 4 is 18.0 Å². The largest absolute Gasteiger partial charge is 0.471 e. The van der Waals surface area contributed by atoms with Crippen molar-refractivity contribution < 1.29 is 23.9 Å². The lowest BCUT2D eigenvalue weighted by molar-refractivity contribution is -0.150. The highest BCUT2D eigenvalue weighted by molar-refractivity contribution is 5.95. The van der Waals surface area contributed by atoms with E-state index in [4.69, 9.17) is 4.74 Å². The van der Waals surface area contributed by atoms with E-state index >= 15 is 0 Å². The average molecular weight is 250 g/mol. The first-order valence-corrected chi connectivity index (χ1v) is 5.31. The molecule has 0 spiro atoms. The summed E-state index contributed by atoms with van der Waals surface area (Å²) in [4.78, 5) is 33.2. The van der Waals surface area contributed by atoms with Crippen LogP contribution >= 0.6 is 0 Å². The van der Waals surface area contributed by atoms with Crippen molar-refractivity contribution in [2.45, 2.75) is 20.0 Å². The topological polar surface area (TPSA) is 69.7 Å². The van der Waals surface area contributed by atoms with Crippen LogP contribution in [0.2, 0.25) is 0 Å². The minimum atomic E-state index is -1.32. The third kappa shape index (κ3) is 3.16. The number of ether oxygens (including phenoxy) is 2. The van der Waals surface area contributed by atoms with E-state index in [1.807, 2.05) is 0 Å². The smallest absolute Gasteiger partial charge is 0.354 e. The monoisotopic (exact) mass is 250 g/mol. The van der Waals surface area contributed by atoms with Gasteiger partial charge in [-0.2, -0.15) is 0 Å². The molecule has 0 heterocycles. The van der Waals surface area contributed by atoms with Crippen molar-refractivity contribution in [1.29, 1.82) is 0 Å². The maximum atomic E-state index is 11.2. The molecule has 0 fully saturated rings. The van der Waals surface area contributed by atoms with Crippen molar-refractivity contribution in [3.63, 3.8) is 0 Å². The number of aryl methyl sites for hydroxylation is 1. The normalized spacial score (nSPS) is 11.5. The molecular weight excluding hydrogens is 236 g/mol. The predicted octanol–water partition coefficient (Wildman–Crippen LogP) is 1.32. The van der Waals surface area contributed by atoms with Crippen molar-refractivity contribution in [3.05, 3.63) is 29.3 Å². The second-order valence-electron chi connectivity index (χ2n) is 3.73. The van der Waals surface area contributed by atoms with Crippen molar-refractivity contribution in [1.82, 2.24) is 0 Å². The second-order valence-corrected chi connectivity index (χ2v) is 3.73. The minimum absolute atomic E-state index is 0.124. The highest BCUT2D eigenvalue weighted by atomic mass is 16.6. The molecule has 0 N–H and O–H groups in total. The maximum absolute atomic E-state index is 11.2. The number of hydrogen-bond acceptors (Lipinski definition) is 5. The molecule has 0 aromatic heterocycles. The lowest BCUT2D eigenvalue weighted by Crippen LogP contribution is -2.30. The van der Waals surface area contributed by atoms with E-state index in [1.165, 1.54) is 20.1 Å². The summed E-state index contributed by atoms with van der Waals surface area (Å²) in [6.45, 7) is 3.17. The molecule has 1 aromatic rings. The number of carbonyl (C=O) groups is 3.